The number of fused-ring (bicyclic) bond motifs is 3. The largest absolute Gasteiger partial charge is 0.457 e. The molecule has 0 aliphatic carbocycles. The number of hydrogen-bond donors (Lipinski definition) is 0. The van der Waals surface area contributed by atoms with Crippen LogP contribution in [0.25, 0.3) is 38.0 Å². The van der Waals surface area contributed by atoms with Gasteiger partial charge in [0.25, 0.3) is 0 Å². The highest BCUT2D eigenvalue weighted by atomic mass is 19.1. The monoisotopic (exact) mass is 317 g/mol. The molecule has 0 radical (unpaired) electrons. The number of halogens is 1. The lowest BCUT2D eigenvalue weighted by molar-refractivity contribution is -0.660. The molecule has 24 heavy (non-hydrogen) atoms. The van der Waals surface area contributed by atoms with Crippen molar-refractivity contribution in [1.82, 2.24) is 0 Å². The molecule has 0 spiro atoms. The van der Waals surface area contributed by atoms with Crippen molar-refractivity contribution < 1.29 is 13.4 Å². The van der Waals surface area contributed by atoms with Crippen LogP contribution in [0.4, 0.5) is 10.1 Å². The molecular weight excluding hydrogens is 303 g/mol. The van der Waals surface area contributed by atoms with E-state index in [0.717, 1.165) is 22.2 Å². The molecule has 116 valence electrons. The first kappa shape index (κ1) is 14.4. The Labute approximate surface area is 138 Å². The molecule has 2 aromatic carbocycles. The number of aromatic nitrogens is 1. The molecule has 4 rings (SSSR count). The second-order valence-electron chi connectivity index (χ2n) is 5.87. The molecule has 3 nitrogen and oxygen atoms in total. The van der Waals surface area contributed by atoms with Gasteiger partial charge in [-0.15, -0.1) is 0 Å². The Bertz CT molecular complexity index is 1150. The number of rotatable bonds is 1. The fourth-order valence-electron chi connectivity index (χ4n) is 3.10. The second kappa shape index (κ2) is 5.17. The molecule has 0 atom stereocenters. The molecule has 0 saturated heterocycles. The molecule has 4 heteroatoms. The van der Waals surface area contributed by atoms with Gasteiger partial charge in [0, 0.05) is 28.5 Å². The van der Waals surface area contributed by atoms with E-state index in [-0.39, 0.29) is 5.69 Å². The van der Waals surface area contributed by atoms with Crippen LogP contribution in [0.2, 0.25) is 0 Å². The maximum absolute atomic E-state index is 14.0. The maximum Gasteiger partial charge on any atom is 0.225 e. The van der Waals surface area contributed by atoms with E-state index in [1.807, 2.05) is 55.1 Å². The van der Waals surface area contributed by atoms with Crippen LogP contribution in [0, 0.1) is 19.3 Å². The number of benzene rings is 2. The Hall–Kier alpha value is -3.19. The smallest absolute Gasteiger partial charge is 0.225 e. The van der Waals surface area contributed by atoms with Crippen molar-refractivity contribution >= 4 is 27.6 Å². The summed E-state index contributed by atoms with van der Waals surface area (Å²) in [5.41, 5.74) is 4.44. The Kier molecular flexibility index (Phi) is 3.10. The van der Waals surface area contributed by atoms with Gasteiger partial charge in [0.15, 0.2) is 6.20 Å². The van der Waals surface area contributed by atoms with E-state index in [0.29, 0.717) is 16.6 Å². The van der Waals surface area contributed by atoms with E-state index in [2.05, 4.69) is 4.85 Å². The van der Waals surface area contributed by atoms with Gasteiger partial charge >= 0.3 is 0 Å². The summed E-state index contributed by atoms with van der Waals surface area (Å²) >= 11 is 0. The van der Waals surface area contributed by atoms with Crippen molar-refractivity contribution in [3.05, 3.63) is 71.5 Å². The van der Waals surface area contributed by atoms with Crippen LogP contribution in [0.5, 0.6) is 0 Å². The minimum Gasteiger partial charge on any atom is -0.457 e. The molecule has 2 aromatic heterocycles. The standard InChI is InChI=1S/C20H14FN2O/c1-12-8-19-14(9-13(12)18-6-4-5-7-23(18)3)15-10-16(21)17(22-2)11-20(15)24-19/h4-11H,1,3H3/q+1. The van der Waals surface area contributed by atoms with E-state index in [4.69, 9.17) is 11.0 Å². The van der Waals surface area contributed by atoms with Gasteiger partial charge in [-0.1, -0.05) is 0 Å². The molecule has 0 fully saturated rings. The normalized spacial score (nSPS) is 11.1. The number of hydrogen-bond acceptors (Lipinski definition) is 1. The molecule has 0 bridgehead atoms. The van der Waals surface area contributed by atoms with Crippen molar-refractivity contribution in [2.45, 2.75) is 6.92 Å². The third kappa shape index (κ3) is 2.06. The van der Waals surface area contributed by atoms with Crippen LogP contribution in [-0.4, -0.2) is 0 Å². The van der Waals surface area contributed by atoms with Crippen LogP contribution in [0.3, 0.4) is 0 Å². The lowest BCUT2D eigenvalue weighted by Crippen LogP contribution is -2.30. The predicted molar refractivity (Wildman–Crippen MR) is 91.3 cm³/mol. The average Bonchev–Trinajstić information content (AvgIpc) is 2.90. The van der Waals surface area contributed by atoms with Crippen molar-refractivity contribution in [2.24, 2.45) is 7.05 Å². The first-order valence-electron chi connectivity index (χ1n) is 7.57. The summed E-state index contributed by atoms with van der Waals surface area (Å²) in [6, 6.07) is 12.9. The fraction of sp³-hybridized carbons (Fsp3) is 0.100. The summed E-state index contributed by atoms with van der Waals surface area (Å²) in [5.74, 6) is -0.521. The van der Waals surface area contributed by atoms with Crippen molar-refractivity contribution in [1.29, 1.82) is 0 Å². The molecule has 0 N–H and O–H groups in total. The average molecular weight is 317 g/mol. The van der Waals surface area contributed by atoms with Crippen LogP contribution in [-0.2, 0) is 7.05 Å². The quantitative estimate of drug-likeness (QED) is 0.354. The van der Waals surface area contributed by atoms with Gasteiger partial charge in [-0.2, -0.15) is 0 Å². The minimum absolute atomic E-state index is 0.0204. The molecule has 0 aliphatic rings. The van der Waals surface area contributed by atoms with E-state index in [1.165, 1.54) is 12.1 Å². The van der Waals surface area contributed by atoms with Gasteiger partial charge in [-0.3, -0.25) is 0 Å². The summed E-state index contributed by atoms with van der Waals surface area (Å²) in [5, 5.41) is 1.54. The van der Waals surface area contributed by atoms with E-state index < -0.39 is 5.82 Å². The lowest BCUT2D eigenvalue weighted by Gasteiger charge is -2.04. The lowest BCUT2D eigenvalue weighted by atomic mass is 10.0. The first-order chi connectivity index (χ1) is 11.6. The highest BCUT2D eigenvalue weighted by Gasteiger charge is 2.17. The van der Waals surface area contributed by atoms with Gasteiger partial charge in [-0.05, 0) is 42.8 Å². The second-order valence-corrected chi connectivity index (χ2v) is 5.87. The third-order valence-corrected chi connectivity index (χ3v) is 4.34. The molecule has 0 aliphatic heterocycles. The fourth-order valence-corrected chi connectivity index (χ4v) is 3.10. The Balaban J connectivity index is 2.07. The van der Waals surface area contributed by atoms with Crippen molar-refractivity contribution in [3.8, 4) is 11.3 Å². The molecule has 4 aromatic rings. The van der Waals surface area contributed by atoms with Gasteiger partial charge in [0.2, 0.25) is 11.4 Å². The van der Waals surface area contributed by atoms with E-state index >= 15 is 0 Å². The number of nitrogens with zero attached hydrogens (tertiary/aromatic N) is 2. The molecule has 0 saturated carbocycles. The Morgan fingerprint density at radius 1 is 1.08 bits per heavy atom. The highest BCUT2D eigenvalue weighted by molar-refractivity contribution is 6.07. The summed E-state index contributed by atoms with van der Waals surface area (Å²) in [7, 11) is 1.99. The highest BCUT2D eigenvalue weighted by Crippen LogP contribution is 2.36. The number of furan rings is 1. The van der Waals surface area contributed by atoms with Gasteiger partial charge in [-0.25, -0.2) is 13.8 Å². The summed E-state index contributed by atoms with van der Waals surface area (Å²) in [4.78, 5) is 3.20. The summed E-state index contributed by atoms with van der Waals surface area (Å²) < 4.78 is 21.9. The summed E-state index contributed by atoms with van der Waals surface area (Å²) in [6.45, 7) is 9.07. The van der Waals surface area contributed by atoms with E-state index in [1.54, 1.807) is 0 Å². The Morgan fingerprint density at radius 3 is 2.58 bits per heavy atom. The van der Waals surface area contributed by atoms with Crippen LogP contribution in [0.1, 0.15) is 5.56 Å². The van der Waals surface area contributed by atoms with E-state index in [9.17, 15) is 4.39 Å². The minimum atomic E-state index is -0.521. The first-order valence-corrected chi connectivity index (χ1v) is 7.57. The van der Waals surface area contributed by atoms with Crippen molar-refractivity contribution in [3.63, 3.8) is 0 Å². The van der Waals surface area contributed by atoms with Crippen LogP contribution >= 0.6 is 0 Å². The third-order valence-electron chi connectivity index (χ3n) is 4.34. The molecule has 0 unspecified atom stereocenters. The van der Waals surface area contributed by atoms with Gasteiger partial charge in [0.05, 0.1) is 6.57 Å². The molecule has 0 amide bonds. The zero-order valence-corrected chi connectivity index (χ0v) is 13.3. The van der Waals surface area contributed by atoms with Crippen LogP contribution < -0.4 is 4.57 Å². The summed E-state index contributed by atoms with van der Waals surface area (Å²) in [6.07, 6.45) is 1.99. The molecule has 2 heterocycles. The van der Waals surface area contributed by atoms with Crippen molar-refractivity contribution in [2.75, 3.05) is 0 Å². The zero-order chi connectivity index (χ0) is 16.8. The van der Waals surface area contributed by atoms with Crippen LogP contribution in [0.15, 0.2) is 53.1 Å². The topological polar surface area (TPSA) is 21.4 Å². The van der Waals surface area contributed by atoms with Gasteiger partial charge < -0.3 is 4.42 Å². The predicted octanol–water partition coefficient (Wildman–Crippen LogP) is 5.08. The zero-order valence-electron chi connectivity index (χ0n) is 13.3. The maximum atomic E-state index is 14.0. The number of pyridine rings is 1. The SMILES string of the molecule is [C-]#[N+]c1cc2oc3cc(C)c(-c4cccc[n+]4C)cc3c2cc1F. The number of aryl methyl sites for hydroxylation is 2. The Morgan fingerprint density at radius 2 is 1.83 bits per heavy atom. The van der Waals surface area contributed by atoms with Gasteiger partial charge in [0.1, 0.15) is 24.0 Å². The molecular formula is C20H14FN2O+.